The van der Waals surface area contributed by atoms with Crippen LogP contribution in [0.5, 0.6) is 0 Å². The van der Waals surface area contributed by atoms with E-state index in [2.05, 4.69) is 24.7 Å². The van der Waals surface area contributed by atoms with Crippen LogP contribution in [0, 0.1) is 21.4 Å². The lowest BCUT2D eigenvalue weighted by molar-refractivity contribution is -0.385. The van der Waals surface area contributed by atoms with E-state index in [1.807, 2.05) is 0 Å². The van der Waals surface area contributed by atoms with Gasteiger partial charge < -0.3 is 0 Å². The average Bonchev–Trinajstić information content (AvgIpc) is 2.66. The van der Waals surface area contributed by atoms with E-state index in [4.69, 9.17) is 5.26 Å². The van der Waals surface area contributed by atoms with Gasteiger partial charge in [-0.15, -0.1) is 0 Å². The van der Waals surface area contributed by atoms with Crippen molar-refractivity contribution >= 4 is 44.4 Å². The third-order valence-electron chi connectivity index (χ3n) is 1.78. The molecule has 0 bridgehead atoms. The molecule has 0 fully saturated rings. The fourth-order valence-corrected chi connectivity index (χ4v) is 2.32. The Morgan fingerprint density at radius 1 is 1.53 bits per heavy atom. The van der Waals surface area contributed by atoms with Crippen molar-refractivity contribution in [2.45, 2.75) is 0 Å². The molecule has 1 aromatic heterocycles. The van der Waals surface area contributed by atoms with Crippen molar-refractivity contribution in [3.05, 3.63) is 26.2 Å². The van der Waals surface area contributed by atoms with Crippen molar-refractivity contribution in [3.63, 3.8) is 0 Å². The third kappa shape index (κ3) is 1.45. The molecule has 1 aromatic carbocycles. The molecular formula is C7HBrN4O2S. The Balaban J connectivity index is 2.95. The second-order valence-corrected chi connectivity index (χ2v) is 3.97. The number of benzene rings is 1. The Labute approximate surface area is 95.8 Å². The summed E-state index contributed by atoms with van der Waals surface area (Å²) in [5.74, 6) is 0. The Hall–Kier alpha value is -1.59. The normalized spacial score (nSPS) is 10.1. The van der Waals surface area contributed by atoms with Gasteiger partial charge in [-0.3, -0.25) is 10.1 Å². The van der Waals surface area contributed by atoms with E-state index >= 15 is 0 Å². The van der Waals surface area contributed by atoms with E-state index in [-0.39, 0.29) is 16.8 Å². The summed E-state index contributed by atoms with van der Waals surface area (Å²) in [6.45, 7) is 0. The number of nitro groups is 1. The minimum absolute atomic E-state index is 0.0491. The van der Waals surface area contributed by atoms with Gasteiger partial charge >= 0.3 is 0 Å². The number of nitro benzene ring substituents is 1. The number of nitrogens with zero attached hydrogens (tertiary/aromatic N) is 4. The highest BCUT2D eigenvalue weighted by atomic mass is 79.9. The van der Waals surface area contributed by atoms with Crippen LogP contribution in [0.4, 0.5) is 5.69 Å². The first-order valence-electron chi connectivity index (χ1n) is 3.64. The molecule has 1 heterocycles. The molecule has 74 valence electrons. The number of halogens is 1. The van der Waals surface area contributed by atoms with Crippen molar-refractivity contribution in [2.24, 2.45) is 0 Å². The predicted molar refractivity (Wildman–Crippen MR) is 56.5 cm³/mol. The molecule has 6 nitrogen and oxygen atoms in total. The van der Waals surface area contributed by atoms with Gasteiger partial charge in [-0.05, 0) is 15.9 Å². The second-order valence-electron chi connectivity index (χ2n) is 2.58. The zero-order valence-corrected chi connectivity index (χ0v) is 9.37. The standard InChI is InChI=1S/C7HBrN4O2S/c8-4-1-5(12(13)14)3(2-9)6-7(4)11-15-10-6/h1H. The lowest BCUT2D eigenvalue weighted by Gasteiger charge is -1.96. The minimum atomic E-state index is -0.609. The molecule has 0 radical (unpaired) electrons. The highest BCUT2D eigenvalue weighted by Crippen LogP contribution is 2.32. The maximum atomic E-state index is 10.7. The maximum Gasteiger partial charge on any atom is 0.290 e. The third-order valence-corrected chi connectivity index (χ3v) is 2.91. The van der Waals surface area contributed by atoms with Crippen molar-refractivity contribution < 1.29 is 4.92 Å². The Kier molecular flexibility index (Phi) is 2.34. The maximum absolute atomic E-state index is 10.7. The summed E-state index contributed by atoms with van der Waals surface area (Å²) in [4.78, 5) is 10.1. The van der Waals surface area contributed by atoms with E-state index < -0.39 is 4.92 Å². The second kappa shape index (κ2) is 3.52. The van der Waals surface area contributed by atoms with Gasteiger partial charge in [0.2, 0.25) is 0 Å². The molecule has 0 aliphatic heterocycles. The van der Waals surface area contributed by atoms with E-state index in [0.717, 1.165) is 11.7 Å². The average molecular weight is 285 g/mol. The predicted octanol–water partition coefficient (Wildman–Crippen LogP) is 2.23. The lowest BCUT2D eigenvalue weighted by atomic mass is 10.1. The first kappa shape index (κ1) is 9.95. The number of nitriles is 1. The molecule has 0 N–H and O–H groups in total. The summed E-state index contributed by atoms with van der Waals surface area (Å²) >= 11 is 4.06. The van der Waals surface area contributed by atoms with Crippen molar-refractivity contribution in [3.8, 4) is 6.07 Å². The molecule has 0 unspecified atom stereocenters. The molecule has 0 atom stereocenters. The number of hydrogen-bond donors (Lipinski definition) is 0. The molecule has 0 amide bonds. The number of hydrogen-bond acceptors (Lipinski definition) is 6. The van der Waals surface area contributed by atoms with Crippen LogP contribution in [0.1, 0.15) is 5.56 Å². The van der Waals surface area contributed by atoms with Gasteiger partial charge in [-0.1, -0.05) is 0 Å². The van der Waals surface area contributed by atoms with Crippen LogP contribution in [0.15, 0.2) is 10.5 Å². The number of aromatic nitrogens is 2. The topological polar surface area (TPSA) is 92.7 Å². The molecule has 0 aliphatic carbocycles. The van der Waals surface area contributed by atoms with Gasteiger partial charge in [0.25, 0.3) is 5.69 Å². The fraction of sp³-hybridized carbons (Fsp3) is 0. The number of rotatable bonds is 1. The quantitative estimate of drug-likeness (QED) is 0.591. The molecule has 0 spiro atoms. The molecule has 8 heteroatoms. The molecule has 0 aliphatic rings. The highest BCUT2D eigenvalue weighted by Gasteiger charge is 2.21. The summed E-state index contributed by atoms with van der Waals surface area (Å²) in [5, 5.41) is 19.5. The highest BCUT2D eigenvalue weighted by molar-refractivity contribution is 9.10. The first-order valence-corrected chi connectivity index (χ1v) is 5.16. The van der Waals surface area contributed by atoms with Gasteiger partial charge in [-0.2, -0.15) is 14.0 Å². The largest absolute Gasteiger partial charge is 0.290 e. The fourth-order valence-electron chi connectivity index (χ4n) is 1.15. The summed E-state index contributed by atoms with van der Waals surface area (Å²) in [5.41, 5.74) is 0.433. The van der Waals surface area contributed by atoms with Crippen molar-refractivity contribution in [2.75, 3.05) is 0 Å². The van der Waals surface area contributed by atoms with Crippen LogP contribution in [0.2, 0.25) is 0 Å². The van der Waals surface area contributed by atoms with E-state index in [1.54, 1.807) is 6.07 Å². The summed E-state index contributed by atoms with van der Waals surface area (Å²) in [6.07, 6.45) is 0. The molecule has 15 heavy (non-hydrogen) atoms. The van der Waals surface area contributed by atoms with Gasteiger partial charge in [-0.25, -0.2) is 0 Å². The van der Waals surface area contributed by atoms with Gasteiger partial charge in [0, 0.05) is 6.07 Å². The van der Waals surface area contributed by atoms with Crippen LogP contribution in [-0.4, -0.2) is 13.7 Å². The smallest absolute Gasteiger partial charge is 0.258 e. The summed E-state index contributed by atoms with van der Waals surface area (Å²) in [6, 6.07) is 3.04. The Morgan fingerprint density at radius 2 is 2.20 bits per heavy atom. The zero-order chi connectivity index (χ0) is 11.0. The lowest BCUT2D eigenvalue weighted by Crippen LogP contribution is -1.93. The molecular weight excluding hydrogens is 284 g/mol. The van der Waals surface area contributed by atoms with Crippen LogP contribution in [-0.2, 0) is 0 Å². The molecule has 0 saturated heterocycles. The SMILES string of the molecule is N#Cc1c([N+](=O)[O-])cc(Br)c2nsnc12. The molecule has 2 rings (SSSR count). The minimum Gasteiger partial charge on any atom is -0.258 e. The summed E-state index contributed by atoms with van der Waals surface area (Å²) < 4.78 is 8.27. The molecule has 0 saturated carbocycles. The van der Waals surface area contributed by atoms with Gasteiger partial charge in [0.15, 0.2) is 5.56 Å². The van der Waals surface area contributed by atoms with E-state index in [1.165, 1.54) is 6.07 Å². The van der Waals surface area contributed by atoms with E-state index in [0.29, 0.717) is 9.99 Å². The van der Waals surface area contributed by atoms with Gasteiger partial charge in [0.1, 0.15) is 17.1 Å². The Morgan fingerprint density at radius 3 is 2.80 bits per heavy atom. The van der Waals surface area contributed by atoms with Crippen molar-refractivity contribution in [1.29, 1.82) is 5.26 Å². The van der Waals surface area contributed by atoms with E-state index in [9.17, 15) is 10.1 Å². The van der Waals surface area contributed by atoms with Crippen LogP contribution in [0.25, 0.3) is 11.0 Å². The molecule has 2 aromatic rings. The number of fused-ring (bicyclic) bond motifs is 1. The van der Waals surface area contributed by atoms with Crippen molar-refractivity contribution in [1.82, 2.24) is 8.75 Å². The van der Waals surface area contributed by atoms with Gasteiger partial charge in [0.05, 0.1) is 21.1 Å². The van der Waals surface area contributed by atoms with Crippen LogP contribution < -0.4 is 0 Å². The Bertz CT molecular complexity index is 603. The summed E-state index contributed by atoms with van der Waals surface area (Å²) in [7, 11) is 0. The zero-order valence-electron chi connectivity index (χ0n) is 6.97. The van der Waals surface area contributed by atoms with Crippen LogP contribution >= 0.6 is 27.7 Å². The first-order chi connectivity index (χ1) is 7.15. The monoisotopic (exact) mass is 284 g/mol. The van der Waals surface area contributed by atoms with Crippen LogP contribution in [0.3, 0.4) is 0 Å².